The SMILES string of the molecule is C.O=C(c1cn2cc(-c3cccc(CO)c3)ccc2n1)N1CC=CCC1. The van der Waals surface area contributed by atoms with Gasteiger partial charge in [0.05, 0.1) is 6.61 Å². The third kappa shape index (κ3) is 3.39. The number of pyridine rings is 1. The van der Waals surface area contributed by atoms with Gasteiger partial charge in [0, 0.05) is 25.5 Å². The van der Waals surface area contributed by atoms with Crippen molar-refractivity contribution in [2.24, 2.45) is 0 Å². The lowest BCUT2D eigenvalue weighted by molar-refractivity contribution is 0.0766. The topological polar surface area (TPSA) is 57.8 Å². The molecule has 0 atom stereocenters. The summed E-state index contributed by atoms with van der Waals surface area (Å²) in [5, 5.41) is 9.31. The van der Waals surface area contributed by atoms with Gasteiger partial charge in [0.25, 0.3) is 5.91 Å². The summed E-state index contributed by atoms with van der Waals surface area (Å²) in [6.45, 7) is 1.40. The lowest BCUT2D eigenvalue weighted by Gasteiger charge is -2.22. The molecule has 1 aliphatic heterocycles. The van der Waals surface area contributed by atoms with Crippen LogP contribution >= 0.6 is 0 Å². The van der Waals surface area contributed by atoms with Crippen LogP contribution in [0.2, 0.25) is 0 Å². The van der Waals surface area contributed by atoms with Gasteiger partial charge in [-0.05, 0) is 41.3 Å². The highest BCUT2D eigenvalue weighted by Crippen LogP contribution is 2.22. The number of fused-ring (bicyclic) bond motifs is 1. The highest BCUT2D eigenvalue weighted by atomic mass is 16.3. The first-order chi connectivity index (χ1) is 12.2. The summed E-state index contributed by atoms with van der Waals surface area (Å²) in [5.41, 5.74) is 4.13. The Morgan fingerprint density at radius 2 is 2.00 bits per heavy atom. The Morgan fingerprint density at radius 3 is 2.77 bits per heavy atom. The molecule has 0 radical (unpaired) electrons. The number of aliphatic hydroxyl groups excluding tert-OH is 1. The Labute approximate surface area is 153 Å². The van der Waals surface area contributed by atoms with E-state index in [9.17, 15) is 9.90 Å². The van der Waals surface area contributed by atoms with Crippen molar-refractivity contribution in [3.05, 3.63) is 72.2 Å². The van der Waals surface area contributed by atoms with Gasteiger partial charge in [-0.1, -0.05) is 37.8 Å². The van der Waals surface area contributed by atoms with Gasteiger partial charge >= 0.3 is 0 Å². The summed E-state index contributed by atoms with van der Waals surface area (Å²) in [4.78, 5) is 18.9. The molecule has 1 N–H and O–H groups in total. The maximum Gasteiger partial charge on any atom is 0.274 e. The fourth-order valence-corrected chi connectivity index (χ4v) is 3.10. The van der Waals surface area contributed by atoms with Gasteiger partial charge in [-0.3, -0.25) is 4.79 Å². The number of benzene rings is 1. The zero-order valence-electron chi connectivity index (χ0n) is 13.8. The Kier molecular flexibility index (Phi) is 5.19. The molecule has 0 fully saturated rings. The van der Waals surface area contributed by atoms with Gasteiger partial charge in [-0.2, -0.15) is 0 Å². The van der Waals surface area contributed by atoms with E-state index in [1.54, 1.807) is 6.20 Å². The Balaban J connectivity index is 0.00000196. The maximum absolute atomic E-state index is 12.6. The van der Waals surface area contributed by atoms with Crippen molar-refractivity contribution in [1.82, 2.24) is 14.3 Å². The molecule has 5 heteroatoms. The Morgan fingerprint density at radius 1 is 1.12 bits per heavy atom. The van der Waals surface area contributed by atoms with Crippen LogP contribution in [0.1, 0.15) is 29.9 Å². The number of rotatable bonds is 3. The van der Waals surface area contributed by atoms with Crippen molar-refractivity contribution in [3.8, 4) is 11.1 Å². The van der Waals surface area contributed by atoms with Crippen molar-refractivity contribution < 1.29 is 9.90 Å². The molecular formula is C21H23N3O2. The molecule has 0 saturated carbocycles. The molecule has 2 aromatic heterocycles. The zero-order chi connectivity index (χ0) is 17.2. The Hall–Kier alpha value is -2.92. The number of hydrogen-bond acceptors (Lipinski definition) is 3. The van der Waals surface area contributed by atoms with Crippen molar-refractivity contribution in [1.29, 1.82) is 0 Å². The van der Waals surface area contributed by atoms with Gasteiger partial charge in [0.15, 0.2) is 0 Å². The van der Waals surface area contributed by atoms with Crippen molar-refractivity contribution in [3.63, 3.8) is 0 Å². The summed E-state index contributed by atoms with van der Waals surface area (Å²) in [5.74, 6) is -0.0307. The third-order valence-corrected chi connectivity index (χ3v) is 4.46. The predicted molar refractivity (Wildman–Crippen MR) is 103 cm³/mol. The fraction of sp³-hybridized carbons (Fsp3) is 0.238. The number of carbonyl (C=O) groups excluding carboxylic acids is 1. The summed E-state index contributed by atoms with van der Waals surface area (Å²) in [6.07, 6.45) is 8.76. The van der Waals surface area contributed by atoms with Crippen LogP contribution in [0, 0.1) is 0 Å². The molecule has 0 bridgehead atoms. The average molecular weight is 349 g/mol. The van der Waals surface area contributed by atoms with Gasteiger partial charge in [-0.25, -0.2) is 4.98 Å². The van der Waals surface area contributed by atoms with E-state index in [-0.39, 0.29) is 19.9 Å². The van der Waals surface area contributed by atoms with E-state index in [2.05, 4.69) is 11.1 Å². The van der Waals surface area contributed by atoms with Crippen LogP contribution in [0.15, 0.2) is 60.9 Å². The number of amides is 1. The number of aromatic nitrogens is 2. The lowest BCUT2D eigenvalue weighted by atomic mass is 10.1. The van der Waals surface area contributed by atoms with Gasteiger partial charge in [0.2, 0.25) is 0 Å². The molecule has 0 spiro atoms. The van der Waals surface area contributed by atoms with E-state index >= 15 is 0 Å². The predicted octanol–water partition coefficient (Wildman–Crippen LogP) is 3.53. The van der Waals surface area contributed by atoms with E-state index in [4.69, 9.17) is 0 Å². The van der Waals surface area contributed by atoms with Crippen molar-refractivity contribution in [2.75, 3.05) is 13.1 Å². The number of nitrogens with zero attached hydrogens (tertiary/aromatic N) is 3. The lowest BCUT2D eigenvalue weighted by Crippen LogP contribution is -2.33. The van der Waals surface area contributed by atoms with E-state index in [0.717, 1.165) is 35.3 Å². The average Bonchev–Trinajstić information content (AvgIpc) is 3.11. The first kappa shape index (κ1) is 17.9. The molecule has 0 aliphatic carbocycles. The minimum absolute atomic E-state index is 0. The number of imidazole rings is 1. The largest absolute Gasteiger partial charge is 0.392 e. The second-order valence-electron chi connectivity index (χ2n) is 6.18. The highest BCUT2D eigenvalue weighted by Gasteiger charge is 2.19. The van der Waals surface area contributed by atoms with E-state index in [1.165, 1.54) is 0 Å². The molecule has 26 heavy (non-hydrogen) atoms. The number of hydrogen-bond donors (Lipinski definition) is 1. The van der Waals surface area contributed by atoms with Gasteiger partial charge < -0.3 is 14.4 Å². The zero-order valence-corrected chi connectivity index (χ0v) is 13.8. The minimum atomic E-state index is -0.0307. The molecular weight excluding hydrogens is 326 g/mol. The summed E-state index contributed by atoms with van der Waals surface area (Å²) in [7, 11) is 0. The summed E-state index contributed by atoms with van der Waals surface area (Å²) < 4.78 is 1.88. The van der Waals surface area contributed by atoms with Crippen LogP contribution in [0.5, 0.6) is 0 Å². The van der Waals surface area contributed by atoms with Crippen molar-refractivity contribution >= 4 is 11.6 Å². The molecule has 0 saturated heterocycles. The molecule has 1 aliphatic rings. The first-order valence-electron chi connectivity index (χ1n) is 8.38. The normalized spacial score (nSPS) is 13.7. The fourth-order valence-electron chi connectivity index (χ4n) is 3.10. The molecule has 3 heterocycles. The molecule has 1 aromatic carbocycles. The highest BCUT2D eigenvalue weighted by molar-refractivity contribution is 5.93. The number of carbonyl (C=O) groups is 1. The van der Waals surface area contributed by atoms with Crippen LogP contribution in [0.3, 0.4) is 0 Å². The molecule has 134 valence electrons. The van der Waals surface area contributed by atoms with Crippen LogP contribution in [-0.4, -0.2) is 38.4 Å². The van der Waals surface area contributed by atoms with Crippen LogP contribution in [-0.2, 0) is 6.61 Å². The van der Waals surface area contributed by atoms with Crippen molar-refractivity contribution in [2.45, 2.75) is 20.5 Å². The van der Waals surface area contributed by atoms with E-state index in [0.29, 0.717) is 12.2 Å². The van der Waals surface area contributed by atoms with Crippen LogP contribution in [0.25, 0.3) is 16.8 Å². The van der Waals surface area contributed by atoms with Gasteiger partial charge in [0.1, 0.15) is 11.3 Å². The maximum atomic E-state index is 12.6. The monoisotopic (exact) mass is 349 g/mol. The molecule has 1 amide bonds. The standard InChI is InChI=1S/C20H19N3O2.CH4/c24-14-15-5-4-6-16(11-15)17-7-8-19-21-18(13-23(19)12-17)20(25)22-9-2-1-3-10-22;/h1-2,4-8,11-13,24H,3,9-10,14H2;1H4. The summed E-state index contributed by atoms with van der Waals surface area (Å²) in [6, 6.07) is 11.7. The van der Waals surface area contributed by atoms with Crippen LogP contribution in [0.4, 0.5) is 0 Å². The molecule has 5 nitrogen and oxygen atoms in total. The first-order valence-corrected chi connectivity index (χ1v) is 8.38. The second kappa shape index (κ2) is 7.54. The minimum Gasteiger partial charge on any atom is -0.392 e. The van der Waals surface area contributed by atoms with E-state index < -0.39 is 0 Å². The smallest absolute Gasteiger partial charge is 0.274 e. The molecule has 4 rings (SSSR count). The Bertz CT molecular complexity index is 959. The third-order valence-electron chi connectivity index (χ3n) is 4.46. The van der Waals surface area contributed by atoms with E-state index in [1.807, 2.05) is 58.0 Å². The molecule has 0 unspecified atom stereocenters. The molecule has 3 aromatic rings. The summed E-state index contributed by atoms with van der Waals surface area (Å²) >= 11 is 0. The second-order valence-corrected chi connectivity index (χ2v) is 6.18. The quantitative estimate of drug-likeness (QED) is 0.736. The van der Waals surface area contributed by atoms with Gasteiger partial charge in [-0.15, -0.1) is 0 Å². The number of aliphatic hydroxyl groups is 1. The van der Waals surface area contributed by atoms with Crippen LogP contribution < -0.4 is 0 Å².